The first-order valence-corrected chi connectivity index (χ1v) is 10.9. The van der Waals surface area contributed by atoms with Crippen LogP contribution in [0, 0.1) is 0 Å². The van der Waals surface area contributed by atoms with E-state index in [1.807, 2.05) is 7.05 Å². The number of rotatable bonds is 6. The summed E-state index contributed by atoms with van der Waals surface area (Å²) < 4.78 is 34.6. The lowest BCUT2D eigenvalue weighted by atomic mass is 10.2. The Balaban J connectivity index is 0.000000614. The van der Waals surface area contributed by atoms with E-state index in [0.29, 0.717) is 29.1 Å². The molecule has 0 spiro atoms. The molecule has 2 aliphatic rings. The predicted octanol–water partition coefficient (Wildman–Crippen LogP) is -1.21. The summed E-state index contributed by atoms with van der Waals surface area (Å²) in [6.07, 6.45) is 0.744. The third-order valence-electron chi connectivity index (χ3n) is 4.20. The average Bonchev–Trinajstić information content (AvgIpc) is 2.64. The van der Waals surface area contributed by atoms with Crippen LogP contribution in [-0.4, -0.2) is 68.9 Å². The van der Waals surface area contributed by atoms with Crippen molar-refractivity contribution in [2.75, 3.05) is 26.7 Å². The molecule has 0 saturated heterocycles. The number of aliphatic hydroxyl groups excluding tert-OH is 1. The van der Waals surface area contributed by atoms with E-state index >= 15 is 0 Å². The first kappa shape index (κ1) is 25.1. The van der Waals surface area contributed by atoms with Gasteiger partial charge in [-0.1, -0.05) is 23.2 Å². The number of quaternary nitrogens is 1. The van der Waals surface area contributed by atoms with Crippen LogP contribution in [0.3, 0.4) is 0 Å². The zero-order valence-electron chi connectivity index (χ0n) is 16.1. The molecule has 0 radical (unpaired) electrons. The second-order valence-electron chi connectivity index (χ2n) is 6.50. The van der Waals surface area contributed by atoms with Gasteiger partial charge in [-0.3, -0.25) is 14.3 Å². The number of hydrogen-bond acceptors (Lipinski definition) is 8. The van der Waals surface area contributed by atoms with Gasteiger partial charge in [-0.15, -0.1) is 0 Å². The van der Waals surface area contributed by atoms with Gasteiger partial charge in [-0.2, -0.15) is 4.98 Å². The number of fused-ring (bicyclic) bond motifs is 2. The van der Waals surface area contributed by atoms with Crippen LogP contribution in [0.2, 0.25) is 10.0 Å². The first-order chi connectivity index (χ1) is 14.4. The van der Waals surface area contributed by atoms with Gasteiger partial charge in [0.15, 0.2) is 11.5 Å². The van der Waals surface area contributed by atoms with Crippen LogP contribution < -0.4 is 16.1 Å². The van der Waals surface area contributed by atoms with Crippen molar-refractivity contribution in [3.63, 3.8) is 0 Å². The zero-order chi connectivity index (χ0) is 23.3. The number of aliphatic hydroxyl groups is 1. The van der Waals surface area contributed by atoms with Crippen LogP contribution in [0.25, 0.3) is 22.6 Å². The van der Waals surface area contributed by atoms with Gasteiger partial charge in [-0.25, -0.2) is 18.2 Å². The molecule has 1 atom stereocenters. The van der Waals surface area contributed by atoms with Gasteiger partial charge in [0.2, 0.25) is 10.4 Å². The second kappa shape index (κ2) is 10.5. The molecule has 1 aromatic rings. The standard InChI is InChI=1S/C16H17Cl2N5O3.H2O4S/c1-22(7-8-24)5-2-6-23-10-4-3-9(17)11(18)12(10)19-13-14(23)20-16(26)21-15(13)25;1-5(2,3)4/h3-4,24H,2,5-8H2,1H3,(H,21,25,26);(H2,1,2,3,4). The topological polar surface area (TPSA) is 183 Å². The summed E-state index contributed by atoms with van der Waals surface area (Å²) >= 11 is 12.4. The van der Waals surface area contributed by atoms with Crippen molar-refractivity contribution >= 4 is 44.6 Å². The molecule has 0 amide bonds. The Morgan fingerprint density at radius 1 is 1.23 bits per heavy atom. The Labute approximate surface area is 186 Å². The third-order valence-corrected chi connectivity index (χ3v) is 4.99. The van der Waals surface area contributed by atoms with Crippen molar-refractivity contribution in [3.8, 4) is 11.5 Å². The first-order valence-electron chi connectivity index (χ1n) is 8.81. The van der Waals surface area contributed by atoms with Gasteiger partial charge >= 0.3 is 5.69 Å². The lowest BCUT2D eigenvalue weighted by Gasteiger charge is -2.18. The molecular weight excluding hydrogens is 477 g/mol. The second-order valence-corrected chi connectivity index (χ2v) is 8.14. The molecular formula is C16H19Cl2N5O7S. The molecule has 3 rings (SSSR count). The quantitative estimate of drug-likeness (QED) is 0.185. The van der Waals surface area contributed by atoms with E-state index in [1.165, 1.54) is 4.90 Å². The van der Waals surface area contributed by atoms with Crippen molar-refractivity contribution < 1.29 is 27.5 Å². The van der Waals surface area contributed by atoms with Gasteiger partial charge in [0.25, 0.3) is 5.56 Å². The minimum atomic E-state index is -4.92. The minimum Gasteiger partial charge on any atom is -0.726 e. The Morgan fingerprint density at radius 2 is 1.87 bits per heavy atom. The number of aryl methyl sites for hydroxylation is 1. The Bertz CT molecular complexity index is 1250. The van der Waals surface area contributed by atoms with Crippen molar-refractivity contribution in [2.45, 2.75) is 13.0 Å². The number of nitrogens with one attached hydrogen (secondary N) is 2. The maximum Gasteiger partial charge on any atom is 0.349 e. The molecule has 1 unspecified atom stereocenters. The summed E-state index contributed by atoms with van der Waals surface area (Å²) in [6, 6.07) is 3.39. The molecule has 0 bridgehead atoms. The lowest BCUT2D eigenvalue weighted by Crippen LogP contribution is -3.09. The molecule has 0 saturated carbocycles. The molecule has 2 heterocycles. The van der Waals surface area contributed by atoms with Crippen molar-refractivity contribution in [3.05, 3.63) is 43.0 Å². The Kier molecular flexibility index (Phi) is 8.48. The SMILES string of the molecule is C[NH+](CCO)CCCn1c2nc(=O)[nH]c(=O)c-2nc2c(Cl)c(Cl)ccc21.O=S(=O)([O-])O. The Hall–Kier alpha value is -2.13. The van der Waals surface area contributed by atoms with Gasteiger partial charge in [0.1, 0.15) is 12.1 Å². The number of aromatic amines is 1. The number of benzene rings is 1. The molecule has 4 N–H and O–H groups in total. The van der Waals surface area contributed by atoms with Crippen molar-refractivity contribution in [1.29, 1.82) is 0 Å². The van der Waals surface area contributed by atoms with Crippen LogP contribution in [0.4, 0.5) is 0 Å². The highest BCUT2D eigenvalue weighted by Gasteiger charge is 2.20. The van der Waals surface area contributed by atoms with E-state index < -0.39 is 21.6 Å². The van der Waals surface area contributed by atoms with Crippen LogP contribution >= 0.6 is 23.2 Å². The number of nitrogens with zero attached hydrogens (tertiary/aromatic N) is 3. The van der Waals surface area contributed by atoms with Crippen LogP contribution in [0.1, 0.15) is 6.42 Å². The van der Waals surface area contributed by atoms with Crippen LogP contribution in [-0.2, 0) is 16.9 Å². The van der Waals surface area contributed by atoms with Gasteiger partial charge < -0.3 is 19.1 Å². The summed E-state index contributed by atoms with van der Waals surface area (Å²) in [5, 5.41) is 9.58. The summed E-state index contributed by atoms with van der Waals surface area (Å²) in [5.74, 6) is 0.212. The molecule has 2 aliphatic heterocycles. The third kappa shape index (κ3) is 6.93. The fourth-order valence-electron chi connectivity index (χ4n) is 2.88. The maximum atomic E-state index is 12.2. The summed E-state index contributed by atoms with van der Waals surface area (Å²) in [5.41, 5.74) is -0.273. The molecule has 12 nitrogen and oxygen atoms in total. The molecule has 31 heavy (non-hydrogen) atoms. The van der Waals surface area contributed by atoms with E-state index in [9.17, 15) is 9.59 Å². The largest absolute Gasteiger partial charge is 0.726 e. The van der Waals surface area contributed by atoms with Gasteiger partial charge in [0.05, 0.1) is 35.8 Å². The van der Waals surface area contributed by atoms with Gasteiger partial charge in [0, 0.05) is 13.0 Å². The summed E-state index contributed by atoms with van der Waals surface area (Å²) in [4.78, 5) is 35.4. The maximum absolute atomic E-state index is 12.2. The van der Waals surface area contributed by atoms with E-state index in [0.717, 1.165) is 13.0 Å². The number of aromatic nitrogens is 4. The molecule has 0 aliphatic carbocycles. The Morgan fingerprint density at radius 3 is 2.48 bits per heavy atom. The van der Waals surface area contributed by atoms with E-state index in [2.05, 4.69) is 15.0 Å². The normalized spacial score (nSPS) is 12.6. The van der Waals surface area contributed by atoms with Gasteiger partial charge in [-0.05, 0) is 12.1 Å². The van der Waals surface area contributed by atoms with Crippen LogP contribution in [0.15, 0.2) is 21.7 Å². The van der Waals surface area contributed by atoms with Crippen LogP contribution in [0.5, 0.6) is 0 Å². The fraction of sp³-hybridized carbons (Fsp3) is 0.375. The predicted molar refractivity (Wildman–Crippen MR) is 112 cm³/mol. The molecule has 1 aromatic carbocycles. The lowest BCUT2D eigenvalue weighted by molar-refractivity contribution is -0.880. The molecule has 15 heteroatoms. The van der Waals surface area contributed by atoms with Crippen molar-refractivity contribution in [2.24, 2.45) is 0 Å². The molecule has 0 aromatic heterocycles. The highest BCUT2D eigenvalue weighted by Crippen LogP contribution is 2.31. The summed E-state index contributed by atoms with van der Waals surface area (Å²) in [7, 11) is -2.93. The molecule has 170 valence electrons. The molecule has 0 fully saturated rings. The van der Waals surface area contributed by atoms with E-state index in [4.69, 9.17) is 45.8 Å². The number of likely N-dealkylation sites (N-methyl/N-ethyl adjacent to an activating group) is 1. The average molecular weight is 496 g/mol. The summed E-state index contributed by atoms with van der Waals surface area (Å²) in [6.45, 7) is 2.07. The van der Waals surface area contributed by atoms with E-state index in [-0.39, 0.29) is 23.1 Å². The highest BCUT2D eigenvalue weighted by molar-refractivity contribution is 7.79. The number of halogens is 2. The van der Waals surface area contributed by atoms with E-state index in [1.54, 1.807) is 16.7 Å². The monoisotopic (exact) mass is 495 g/mol. The minimum absolute atomic E-state index is 0.0392. The number of hydrogen-bond donors (Lipinski definition) is 4. The highest BCUT2D eigenvalue weighted by atomic mass is 35.5. The smallest absolute Gasteiger partial charge is 0.349 e. The van der Waals surface area contributed by atoms with Crippen molar-refractivity contribution in [1.82, 2.24) is 19.5 Å². The zero-order valence-corrected chi connectivity index (χ0v) is 18.5. The fourth-order valence-corrected chi connectivity index (χ4v) is 3.24. The number of H-pyrrole nitrogens is 1.